The molecule has 0 aromatic heterocycles. The lowest BCUT2D eigenvalue weighted by Crippen LogP contribution is -2.36. The second kappa shape index (κ2) is 4.60. The zero-order chi connectivity index (χ0) is 9.86. The van der Waals surface area contributed by atoms with Gasteiger partial charge in [-0.2, -0.15) is 0 Å². The zero-order valence-electron chi connectivity index (χ0n) is 8.84. The minimum atomic E-state index is 0.0247. The van der Waals surface area contributed by atoms with Crippen LogP contribution in [0.2, 0.25) is 0 Å². The molecule has 0 radical (unpaired) electrons. The van der Waals surface area contributed by atoms with E-state index in [0.717, 1.165) is 26.2 Å². The summed E-state index contributed by atoms with van der Waals surface area (Å²) in [6, 6.07) is 0. The van der Waals surface area contributed by atoms with Gasteiger partial charge < -0.3 is 15.2 Å². The molecule has 2 N–H and O–H groups in total. The van der Waals surface area contributed by atoms with Crippen LogP contribution in [0.15, 0.2) is 0 Å². The van der Waals surface area contributed by atoms with Crippen LogP contribution in [-0.2, 0) is 9.47 Å². The third-order valence-electron chi connectivity index (χ3n) is 3.64. The summed E-state index contributed by atoms with van der Waals surface area (Å²) >= 11 is 0. The first-order valence-electron chi connectivity index (χ1n) is 5.78. The van der Waals surface area contributed by atoms with Crippen LogP contribution in [0.25, 0.3) is 0 Å². The van der Waals surface area contributed by atoms with Gasteiger partial charge in [-0.05, 0) is 24.8 Å². The second-order valence-corrected chi connectivity index (χ2v) is 4.64. The Kier molecular flexibility index (Phi) is 3.42. The quantitative estimate of drug-likeness (QED) is 0.751. The molecule has 1 heterocycles. The average Bonchev–Trinajstić information content (AvgIpc) is 2.72. The summed E-state index contributed by atoms with van der Waals surface area (Å²) in [5, 5.41) is 0. The van der Waals surface area contributed by atoms with Gasteiger partial charge in [-0.1, -0.05) is 19.3 Å². The number of hydrogen-bond acceptors (Lipinski definition) is 3. The first-order chi connectivity index (χ1) is 6.85. The van der Waals surface area contributed by atoms with E-state index in [1.54, 1.807) is 0 Å². The van der Waals surface area contributed by atoms with Crippen LogP contribution in [-0.4, -0.2) is 26.0 Å². The van der Waals surface area contributed by atoms with Crippen molar-refractivity contribution in [2.24, 2.45) is 11.1 Å². The molecule has 1 aliphatic carbocycles. The molecule has 0 amide bonds. The van der Waals surface area contributed by atoms with Crippen LogP contribution < -0.4 is 5.73 Å². The Labute approximate surface area is 85.9 Å². The molecule has 2 aliphatic rings. The number of nitrogens with two attached hydrogens (primary N) is 1. The molecular formula is C11H21NO2. The third kappa shape index (κ3) is 2.27. The summed E-state index contributed by atoms with van der Waals surface area (Å²) in [5.74, 6) is 0. The Morgan fingerprint density at radius 1 is 1.07 bits per heavy atom. The lowest BCUT2D eigenvalue weighted by atomic mass is 9.72. The molecule has 0 aromatic rings. The second-order valence-electron chi connectivity index (χ2n) is 4.64. The average molecular weight is 199 g/mol. The molecule has 0 spiro atoms. The van der Waals surface area contributed by atoms with Gasteiger partial charge in [-0.15, -0.1) is 0 Å². The highest BCUT2D eigenvalue weighted by molar-refractivity contribution is 4.85. The number of hydrogen-bond donors (Lipinski definition) is 1. The molecule has 14 heavy (non-hydrogen) atoms. The number of ether oxygens (including phenoxy) is 2. The van der Waals surface area contributed by atoms with E-state index in [1.165, 1.54) is 32.1 Å². The smallest absolute Gasteiger partial charge is 0.158 e. The highest BCUT2D eigenvalue weighted by atomic mass is 16.7. The van der Waals surface area contributed by atoms with Crippen LogP contribution >= 0.6 is 0 Å². The van der Waals surface area contributed by atoms with Crippen LogP contribution in [0.5, 0.6) is 0 Å². The molecule has 1 saturated heterocycles. The van der Waals surface area contributed by atoms with Gasteiger partial charge in [-0.25, -0.2) is 0 Å². The molecule has 82 valence electrons. The van der Waals surface area contributed by atoms with Crippen molar-refractivity contribution in [2.75, 3.05) is 19.8 Å². The molecule has 0 atom stereocenters. The van der Waals surface area contributed by atoms with E-state index in [0.29, 0.717) is 5.41 Å². The van der Waals surface area contributed by atoms with Gasteiger partial charge in [0.05, 0.1) is 13.2 Å². The molecular weight excluding hydrogens is 178 g/mol. The first-order valence-corrected chi connectivity index (χ1v) is 5.78. The Bertz CT molecular complexity index is 172. The number of rotatable bonds is 3. The van der Waals surface area contributed by atoms with E-state index >= 15 is 0 Å². The highest BCUT2D eigenvalue weighted by Crippen LogP contribution is 2.40. The lowest BCUT2D eigenvalue weighted by Gasteiger charge is -2.37. The van der Waals surface area contributed by atoms with Crippen LogP contribution in [0, 0.1) is 5.41 Å². The minimum absolute atomic E-state index is 0.0247. The van der Waals surface area contributed by atoms with Gasteiger partial charge in [0.1, 0.15) is 0 Å². The highest BCUT2D eigenvalue weighted by Gasteiger charge is 2.35. The topological polar surface area (TPSA) is 44.5 Å². The van der Waals surface area contributed by atoms with Crippen LogP contribution in [0.1, 0.15) is 38.5 Å². The summed E-state index contributed by atoms with van der Waals surface area (Å²) < 4.78 is 11.0. The van der Waals surface area contributed by atoms with Crippen LogP contribution in [0.3, 0.4) is 0 Å². The van der Waals surface area contributed by atoms with Crippen molar-refractivity contribution in [3.8, 4) is 0 Å². The Balaban J connectivity index is 1.89. The summed E-state index contributed by atoms with van der Waals surface area (Å²) in [6.07, 6.45) is 7.56. The van der Waals surface area contributed by atoms with Crippen molar-refractivity contribution in [3.05, 3.63) is 0 Å². The van der Waals surface area contributed by atoms with E-state index in [1.807, 2.05) is 0 Å². The van der Waals surface area contributed by atoms with E-state index < -0.39 is 0 Å². The van der Waals surface area contributed by atoms with Gasteiger partial charge in [0, 0.05) is 6.42 Å². The molecule has 1 saturated carbocycles. The van der Waals surface area contributed by atoms with Gasteiger partial charge in [0.15, 0.2) is 6.29 Å². The molecule has 0 aromatic carbocycles. The minimum Gasteiger partial charge on any atom is -0.350 e. The van der Waals surface area contributed by atoms with Crippen molar-refractivity contribution >= 4 is 0 Å². The maximum Gasteiger partial charge on any atom is 0.158 e. The molecule has 0 unspecified atom stereocenters. The Morgan fingerprint density at radius 3 is 2.29 bits per heavy atom. The van der Waals surface area contributed by atoms with Crippen molar-refractivity contribution in [1.82, 2.24) is 0 Å². The molecule has 2 fully saturated rings. The molecule has 2 rings (SSSR count). The predicted molar refractivity (Wildman–Crippen MR) is 54.9 cm³/mol. The van der Waals surface area contributed by atoms with Gasteiger partial charge in [-0.3, -0.25) is 0 Å². The van der Waals surface area contributed by atoms with Gasteiger partial charge in [0.25, 0.3) is 0 Å². The maximum atomic E-state index is 5.91. The van der Waals surface area contributed by atoms with Crippen molar-refractivity contribution in [2.45, 2.75) is 44.8 Å². The van der Waals surface area contributed by atoms with Crippen molar-refractivity contribution in [1.29, 1.82) is 0 Å². The normalized spacial score (nSPS) is 28.1. The van der Waals surface area contributed by atoms with E-state index in [4.69, 9.17) is 15.2 Å². The lowest BCUT2D eigenvalue weighted by molar-refractivity contribution is -0.0777. The fourth-order valence-corrected chi connectivity index (χ4v) is 2.67. The van der Waals surface area contributed by atoms with E-state index in [-0.39, 0.29) is 6.29 Å². The standard InChI is InChI=1S/C11H21NO2/c12-9-11(4-2-1-3-5-11)8-10-13-6-7-14-10/h10H,1-9,12H2. The predicted octanol–water partition coefficient (Wildman–Crippen LogP) is 1.66. The summed E-state index contributed by atoms with van der Waals surface area (Å²) in [6.45, 7) is 2.30. The van der Waals surface area contributed by atoms with Crippen molar-refractivity contribution < 1.29 is 9.47 Å². The van der Waals surface area contributed by atoms with Crippen molar-refractivity contribution in [3.63, 3.8) is 0 Å². The largest absolute Gasteiger partial charge is 0.350 e. The fraction of sp³-hybridized carbons (Fsp3) is 1.00. The third-order valence-corrected chi connectivity index (χ3v) is 3.64. The molecule has 0 bridgehead atoms. The first kappa shape index (κ1) is 10.4. The summed E-state index contributed by atoms with van der Waals surface area (Å²) in [7, 11) is 0. The van der Waals surface area contributed by atoms with Gasteiger partial charge in [0.2, 0.25) is 0 Å². The molecule has 1 aliphatic heterocycles. The maximum absolute atomic E-state index is 5.91. The molecule has 3 heteroatoms. The van der Waals surface area contributed by atoms with Crippen LogP contribution in [0.4, 0.5) is 0 Å². The Morgan fingerprint density at radius 2 is 1.71 bits per heavy atom. The zero-order valence-corrected chi connectivity index (χ0v) is 8.84. The fourth-order valence-electron chi connectivity index (χ4n) is 2.67. The summed E-state index contributed by atoms with van der Waals surface area (Å²) in [4.78, 5) is 0. The monoisotopic (exact) mass is 199 g/mol. The Hall–Kier alpha value is -0.120. The van der Waals surface area contributed by atoms with E-state index in [2.05, 4.69) is 0 Å². The molecule has 3 nitrogen and oxygen atoms in total. The van der Waals surface area contributed by atoms with Gasteiger partial charge >= 0.3 is 0 Å². The SMILES string of the molecule is NCC1(CC2OCCO2)CCCCC1. The summed E-state index contributed by atoms with van der Waals surface area (Å²) in [5.41, 5.74) is 6.22. The van der Waals surface area contributed by atoms with E-state index in [9.17, 15) is 0 Å².